The Kier molecular flexibility index (Phi) is 4.52. The van der Waals surface area contributed by atoms with Gasteiger partial charge in [0, 0.05) is 48.1 Å². The molecule has 7 nitrogen and oxygen atoms in total. The van der Waals surface area contributed by atoms with Gasteiger partial charge in [0.05, 0.1) is 10.7 Å². The van der Waals surface area contributed by atoms with Crippen molar-refractivity contribution in [1.82, 2.24) is 15.0 Å². The quantitative estimate of drug-likeness (QED) is 0.591. The molecule has 0 amide bonds. The molecule has 0 fully saturated rings. The summed E-state index contributed by atoms with van der Waals surface area (Å²) in [5.74, 6) is 1.55. The zero-order chi connectivity index (χ0) is 20.9. The maximum absolute atomic E-state index is 10.3. The second-order valence-corrected chi connectivity index (χ2v) is 8.69. The summed E-state index contributed by atoms with van der Waals surface area (Å²) in [4.78, 5) is 15.6. The van der Waals surface area contributed by atoms with Crippen molar-refractivity contribution in [1.29, 1.82) is 0 Å². The minimum Gasteiger partial charge on any atom is -0.373 e. The predicted molar refractivity (Wildman–Crippen MR) is 118 cm³/mol. The molecule has 8 heteroatoms. The fourth-order valence-corrected chi connectivity index (χ4v) is 4.40. The van der Waals surface area contributed by atoms with Gasteiger partial charge in [0.1, 0.15) is 24.2 Å². The molecule has 2 aromatic heterocycles. The molecule has 0 aliphatic carbocycles. The first-order valence-electron chi connectivity index (χ1n) is 9.98. The number of pyridine rings is 1. The normalized spacial score (nSPS) is 19.1. The van der Waals surface area contributed by atoms with Crippen molar-refractivity contribution < 1.29 is 5.11 Å². The molecular weight excluding hydrogens is 400 g/mol. The summed E-state index contributed by atoms with van der Waals surface area (Å²) in [6.07, 6.45) is 3.55. The van der Waals surface area contributed by atoms with E-state index in [0.29, 0.717) is 11.6 Å². The second kappa shape index (κ2) is 7.11. The van der Waals surface area contributed by atoms with Crippen LogP contribution in [-0.4, -0.2) is 32.8 Å². The van der Waals surface area contributed by atoms with Gasteiger partial charge in [0.2, 0.25) is 0 Å². The van der Waals surface area contributed by atoms with E-state index in [1.165, 1.54) is 0 Å². The fraction of sp³-hybridized carbons (Fsp3) is 0.318. The van der Waals surface area contributed by atoms with Gasteiger partial charge in [-0.15, -0.1) is 0 Å². The topological polar surface area (TPSA) is 86.2 Å². The average molecular weight is 423 g/mol. The van der Waals surface area contributed by atoms with Crippen molar-refractivity contribution in [3.63, 3.8) is 0 Å². The summed E-state index contributed by atoms with van der Waals surface area (Å²) in [6, 6.07) is 9.77. The summed E-state index contributed by atoms with van der Waals surface area (Å²) in [5.41, 5.74) is 4.68. The molecule has 1 aromatic carbocycles. The number of aliphatic hydroxyl groups is 1. The van der Waals surface area contributed by atoms with Crippen LogP contribution in [-0.2, 0) is 18.4 Å². The van der Waals surface area contributed by atoms with Gasteiger partial charge in [-0.05, 0) is 29.8 Å². The monoisotopic (exact) mass is 422 g/mol. The van der Waals surface area contributed by atoms with Crippen LogP contribution in [0, 0.1) is 0 Å². The summed E-state index contributed by atoms with van der Waals surface area (Å²) in [6.45, 7) is 5.49. The number of halogens is 1. The average Bonchev–Trinajstić information content (AvgIpc) is 2.96. The molecule has 2 aliphatic rings. The van der Waals surface area contributed by atoms with E-state index in [-0.39, 0.29) is 5.41 Å². The van der Waals surface area contributed by atoms with E-state index >= 15 is 0 Å². The van der Waals surface area contributed by atoms with Crippen molar-refractivity contribution in [3.8, 4) is 0 Å². The highest BCUT2D eigenvalue weighted by Gasteiger charge is 2.38. The lowest BCUT2D eigenvalue weighted by molar-refractivity contribution is 0.137. The lowest BCUT2D eigenvalue weighted by Crippen LogP contribution is -2.32. The van der Waals surface area contributed by atoms with Gasteiger partial charge in [-0.3, -0.25) is 0 Å². The number of aromatic nitrogens is 3. The Morgan fingerprint density at radius 1 is 1.23 bits per heavy atom. The molecule has 5 rings (SSSR count). The largest absolute Gasteiger partial charge is 0.373 e. The predicted octanol–water partition coefficient (Wildman–Crippen LogP) is 3.85. The van der Waals surface area contributed by atoms with Gasteiger partial charge in [-0.1, -0.05) is 31.5 Å². The van der Waals surface area contributed by atoms with E-state index in [4.69, 9.17) is 11.6 Å². The Hall–Kier alpha value is -2.90. The standard InChI is InChI=1S/C22H23ClN6O/c1-22(2)15-6-5-13(10-18(15)28-21(22)30)27-19-14-11-29(9-7-17(14)25-12-26-19)20-16(23)4-3-8-24-20/h3-6,8,10,12,21,28,30H,7,9,11H2,1-2H3,(H,25,26,27). The molecule has 3 aromatic rings. The van der Waals surface area contributed by atoms with Gasteiger partial charge < -0.3 is 20.6 Å². The van der Waals surface area contributed by atoms with Crippen LogP contribution in [0.3, 0.4) is 0 Å². The number of fused-ring (bicyclic) bond motifs is 2. The van der Waals surface area contributed by atoms with Crippen molar-refractivity contribution in [2.75, 3.05) is 22.1 Å². The summed E-state index contributed by atoms with van der Waals surface area (Å²) >= 11 is 6.36. The van der Waals surface area contributed by atoms with Crippen molar-refractivity contribution in [3.05, 3.63) is 64.7 Å². The Labute approximate surface area is 180 Å². The maximum Gasteiger partial charge on any atom is 0.147 e. The molecule has 30 heavy (non-hydrogen) atoms. The van der Waals surface area contributed by atoms with Crippen LogP contribution >= 0.6 is 11.6 Å². The third-order valence-electron chi connectivity index (χ3n) is 5.99. The molecule has 0 spiro atoms. The van der Waals surface area contributed by atoms with E-state index in [1.54, 1.807) is 12.5 Å². The number of aliphatic hydroxyl groups excluding tert-OH is 1. The van der Waals surface area contributed by atoms with Gasteiger partial charge in [-0.2, -0.15) is 0 Å². The molecule has 2 aliphatic heterocycles. The van der Waals surface area contributed by atoms with E-state index in [0.717, 1.165) is 52.8 Å². The highest BCUT2D eigenvalue weighted by molar-refractivity contribution is 6.32. The van der Waals surface area contributed by atoms with Gasteiger partial charge in [-0.25, -0.2) is 15.0 Å². The van der Waals surface area contributed by atoms with Gasteiger partial charge in [0.15, 0.2) is 0 Å². The highest BCUT2D eigenvalue weighted by Crippen LogP contribution is 2.41. The van der Waals surface area contributed by atoms with E-state index in [9.17, 15) is 5.11 Å². The maximum atomic E-state index is 10.3. The van der Waals surface area contributed by atoms with Crippen LogP contribution in [0.4, 0.5) is 23.0 Å². The summed E-state index contributed by atoms with van der Waals surface area (Å²) in [5, 5.41) is 17.5. The van der Waals surface area contributed by atoms with Crippen molar-refractivity contribution >= 4 is 34.6 Å². The van der Waals surface area contributed by atoms with Crippen LogP contribution in [0.5, 0.6) is 0 Å². The van der Waals surface area contributed by atoms with Crippen LogP contribution in [0.25, 0.3) is 0 Å². The number of hydrogen-bond acceptors (Lipinski definition) is 7. The molecule has 0 saturated heterocycles. The molecule has 0 radical (unpaired) electrons. The van der Waals surface area contributed by atoms with Crippen molar-refractivity contribution in [2.24, 2.45) is 0 Å². The Balaban J connectivity index is 1.44. The van der Waals surface area contributed by atoms with E-state index in [2.05, 4.69) is 36.6 Å². The number of rotatable bonds is 3. The van der Waals surface area contributed by atoms with Gasteiger partial charge >= 0.3 is 0 Å². The first kappa shape index (κ1) is 19.1. The molecule has 3 N–H and O–H groups in total. The summed E-state index contributed by atoms with van der Waals surface area (Å²) < 4.78 is 0. The van der Waals surface area contributed by atoms with Crippen LogP contribution in [0.2, 0.25) is 5.02 Å². The zero-order valence-electron chi connectivity index (χ0n) is 16.9. The number of hydrogen-bond donors (Lipinski definition) is 3. The molecule has 1 atom stereocenters. The third kappa shape index (κ3) is 3.14. The van der Waals surface area contributed by atoms with Crippen molar-refractivity contribution in [2.45, 2.75) is 38.5 Å². The Morgan fingerprint density at radius 3 is 2.93 bits per heavy atom. The SMILES string of the molecule is CC1(C)c2ccc(Nc3ncnc4c3CN(c3ncccc3Cl)CC4)cc2NC1O. The van der Waals surface area contributed by atoms with Crippen LogP contribution < -0.4 is 15.5 Å². The molecular formula is C22H23ClN6O. The first-order chi connectivity index (χ1) is 14.4. The molecule has 154 valence electrons. The number of nitrogens with zero attached hydrogens (tertiary/aromatic N) is 4. The Bertz CT molecular complexity index is 1120. The molecule has 1 unspecified atom stereocenters. The minimum atomic E-state index is -0.605. The summed E-state index contributed by atoms with van der Waals surface area (Å²) in [7, 11) is 0. The van der Waals surface area contributed by atoms with Crippen LogP contribution in [0.15, 0.2) is 42.9 Å². The molecule has 4 heterocycles. The second-order valence-electron chi connectivity index (χ2n) is 8.28. The highest BCUT2D eigenvalue weighted by atomic mass is 35.5. The number of anilines is 4. The lowest BCUT2D eigenvalue weighted by Gasteiger charge is -2.30. The first-order valence-corrected chi connectivity index (χ1v) is 10.4. The fourth-order valence-electron chi connectivity index (χ4n) is 4.15. The van der Waals surface area contributed by atoms with E-state index < -0.39 is 6.23 Å². The minimum absolute atomic E-state index is 0.329. The molecule has 0 saturated carbocycles. The Morgan fingerprint density at radius 2 is 2.10 bits per heavy atom. The number of nitrogens with one attached hydrogen (secondary N) is 2. The van der Waals surface area contributed by atoms with E-state index in [1.807, 2.05) is 38.1 Å². The third-order valence-corrected chi connectivity index (χ3v) is 6.29. The zero-order valence-corrected chi connectivity index (χ0v) is 17.6. The van der Waals surface area contributed by atoms with Gasteiger partial charge in [0.25, 0.3) is 0 Å². The lowest BCUT2D eigenvalue weighted by atomic mass is 9.85. The molecule has 0 bridgehead atoms. The smallest absolute Gasteiger partial charge is 0.147 e. The van der Waals surface area contributed by atoms with Crippen LogP contribution in [0.1, 0.15) is 30.7 Å². The number of benzene rings is 1.